The number of carbonyl (C=O) groups is 4. The van der Waals surface area contributed by atoms with Crippen molar-refractivity contribution in [2.45, 2.75) is 129 Å². The van der Waals surface area contributed by atoms with Crippen LogP contribution in [0, 0.1) is 11.8 Å². The molecule has 2 aliphatic heterocycles. The lowest BCUT2D eigenvalue weighted by atomic mass is 9.91. The van der Waals surface area contributed by atoms with Gasteiger partial charge < -0.3 is 29.5 Å². The van der Waals surface area contributed by atoms with Crippen LogP contribution in [0.25, 0.3) is 0 Å². The number of ether oxygens (including phenoxy) is 2. The SMILES string of the molecule is CC(C)(C)OC(=O)n1cc2c(n1)CCCC2N1CC[C@@H](Cc2c(Cl)cc(O)cc2Cl)C1=O.CC(C)(C)OC(=O)n1ncc2c1CCCC2N1CC[C@@H](Cc2c(Cl)cc(O)cc2Cl)C1=O. The maximum Gasteiger partial charge on any atom is 0.435 e. The number of fused-ring (bicyclic) bond motifs is 2. The lowest BCUT2D eigenvalue weighted by Gasteiger charge is -2.31. The van der Waals surface area contributed by atoms with Crippen LogP contribution in [0.5, 0.6) is 11.5 Å². The molecular formula is C46H54Cl4N6O8. The van der Waals surface area contributed by atoms with Crippen molar-refractivity contribution in [1.29, 1.82) is 0 Å². The van der Waals surface area contributed by atoms with E-state index in [1.54, 1.807) is 12.4 Å². The van der Waals surface area contributed by atoms with Gasteiger partial charge in [0.2, 0.25) is 11.8 Å². The molecule has 8 rings (SSSR count). The molecule has 2 saturated heterocycles. The highest BCUT2D eigenvalue weighted by Crippen LogP contribution is 2.42. The molecule has 4 aliphatic rings. The summed E-state index contributed by atoms with van der Waals surface area (Å²) >= 11 is 25.1. The summed E-state index contributed by atoms with van der Waals surface area (Å²) in [6.07, 6.45) is 9.50. The van der Waals surface area contributed by atoms with E-state index in [0.717, 1.165) is 61.0 Å². The van der Waals surface area contributed by atoms with E-state index < -0.39 is 23.4 Å². The monoisotopic (exact) mass is 958 g/mol. The number of hydrogen-bond donors (Lipinski definition) is 2. The number of nitrogens with zero attached hydrogens (tertiary/aromatic N) is 6. The van der Waals surface area contributed by atoms with Gasteiger partial charge in [-0.3, -0.25) is 9.59 Å². The van der Waals surface area contributed by atoms with Gasteiger partial charge in [0.05, 0.1) is 29.7 Å². The molecule has 64 heavy (non-hydrogen) atoms. The Morgan fingerprint density at radius 2 is 1.14 bits per heavy atom. The molecule has 2 aromatic carbocycles. The molecule has 4 heterocycles. The summed E-state index contributed by atoms with van der Waals surface area (Å²) < 4.78 is 13.5. The van der Waals surface area contributed by atoms with Crippen LogP contribution in [0.4, 0.5) is 9.59 Å². The van der Waals surface area contributed by atoms with Crippen molar-refractivity contribution in [3.05, 3.63) is 90.4 Å². The van der Waals surface area contributed by atoms with Gasteiger partial charge in [0.15, 0.2) is 0 Å². The average molecular weight is 961 g/mol. The number of hydrogen-bond acceptors (Lipinski definition) is 10. The van der Waals surface area contributed by atoms with E-state index in [0.29, 0.717) is 70.0 Å². The normalized spacial score (nSPS) is 21.0. The van der Waals surface area contributed by atoms with Crippen LogP contribution in [0.3, 0.4) is 0 Å². The van der Waals surface area contributed by atoms with E-state index >= 15 is 0 Å². The fraction of sp³-hybridized carbons (Fsp3) is 0.522. The second-order valence-corrected chi connectivity index (χ2v) is 20.6. The third-order valence-electron chi connectivity index (χ3n) is 12.0. The van der Waals surface area contributed by atoms with Gasteiger partial charge >= 0.3 is 12.2 Å². The number of halogens is 4. The van der Waals surface area contributed by atoms with E-state index in [2.05, 4.69) is 10.2 Å². The first-order valence-electron chi connectivity index (χ1n) is 21.6. The molecule has 4 atom stereocenters. The first-order valence-corrected chi connectivity index (χ1v) is 23.2. The number of carbonyl (C=O) groups excluding carboxylic acids is 4. The second-order valence-electron chi connectivity index (χ2n) is 18.9. The van der Waals surface area contributed by atoms with Gasteiger partial charge in [0, 0.05) is 62.3 Å². The second kappa shape index (κ2) is 18.8. The number of aryl methyl sites for hydroxylation is 1. The summed E-state index contributed by atoms with van der Waals surface area (Å²) in [6.45, 7) is 12.1. The zero-order chi connectivity index (χ0) is 46.4. The summed E-state index contributed by atoms with van der Waals surface area (Å²) in [5.41, 5.74) is 3.61. The molecule has 2 unspecified atom stereocenters. The highest BCUT2D eigenvalue weighted by atomic mass is 35.5. The fourth-order valence-corrected chi connectivity index (χ4v) is 10.4. The first-order chi connectivity index (χ1) is 30.1. The van der Waals surface area contributed by atoms with Crippen LogP contribution in [0.1, 0.15) is 126 Å². The minimum atomic E-state index is -0.613. The molecule has 2 N–H and O–H groups in total. The van der Waals surface area contributed by atoms with Crippen LogP contribution < -0.4 is 0 Å². The lowest BCUT2D eigenvalue weighted by molar-refractivity contribution is -0.134. The van der Waals surface area contributed by atoms with Crippen LogP contribution >= 0.6 is 46.4 Å². The fourth-order valence-electron chi connectivity index (χ4n) is 9.15. The molecular weight excluding hydrogens is 906 g/mol. The number of amides is 2. The van der Waals surface area contributed by atoms with Crippen molar-refractivity contribution >= 4 is 70.4 Å². The molecule has 2 aliphatic carbocycles. The molecule has 14 nitrogen and oxygen atoms in total. The molecule has 2 amide bonds. The van der Waals surface area contributed by atoms with Gasteiger partial charge in [-0.15, -0.1) is 0 Å². The number of benzene rings is 2. The number of aromatic nitrogens is 4. The van der Waals surface area contributed by atoms with E-state index in [1.807, 2.05) is 51.3 Å². The third kappa shape index (κ3) is 10.5. The van der Waals surface area contributed by atoms with Crippen molar-refractivity contribution in [1.82, 2.24) is 29.4 Å². The highest BCUT2D eigenvalue weighted by molar-refractivity contribution is 6.36. The van der Waals surface area contributed by atoms with Crippen LogP contribution in [-0.2, 0) is 44.7 Å². The largest absolute Gasteiger partial charge is 0.508 e. The maximum absolute atomic E-state index is 13.3. The number of aromatic hydroxyl groups is 2. The molecule has 18 heteroatoms. The van der Waals surface area contributed by atoms with Crippen molar-refractivity contribution in [2.24, 2.45) is 11.8 Å². The van der Waals surface area contributed by atoms with E-state index in [1.165, 1.54) is 33.6 Å². The third-order valence-corrected chi connectivity index (χ3v) is 13.3. The molecule has 4 aromatic rings. The topological polar surface area (TPSA) is 169 Å². The molecule has 344 valence electrons. The average Bonchev–Trinajstić information content (AvgIpc) is 3.99. The standard InChI is InChI=1S/2C23H27Cl2N3O4/c1-23(2,3)32-22(31)28-12-16-19(26-28)5-4-6-20(16)27-8-7-13(21(27)30)9-15-17(24)10-14(29)11-18(15)25;1-23(2,3)32-22(31)28-20-6-4-5-19(16(20)12-26-28)27-8-7-13(21(27)30)9-15-17(24)10-14(29)11-18(15)25/h10-13,20,29H,4-9H2,1-3H3;10-13,19,29H,4-9H2,1-3H3/t13-,20?;13-,19?/m00/s1. The van der Waals surface area contributed by atoms with Gasteiger partial charge in [-0.05, 0) is 141 Å². The smallest absolute Gasteiger partial charge is 0.435 e. The molecule has 0 saturated carbocycles. The van der Waals surface area contributed by atoms with Gasteiger partial charge in [0.25, 0.3) is 0 Å². The Balaban J connectivity index is 0.000000191. The summed E-state index contributed by atoms with van der Waals surface area (Å²) in [5, 5.41) is 29.5. The van der Waals surface area contributed by atoms with Gasteiger partial charge in [-0.25, -0.2) is 9.59 Å². The Morgan fingerprint density at radius 3 is 1.62 bits per heavy atom. The van der Waals surface area contributed by atoms with Crippen molar-refractivity contribution < 1.29 is 38.9 Å². The summed E-state index contributed by atoms with van der Waals surface area (Å²) in [7, 11) is 0. The Bertz CT molecular complexity index is 2320. The summed E-state index contributed by atoms with van der Waals surface area (Å²) in [5.74, 6) is -0.373. The molecule has 0 bridgehead atoms. The number of rotatable bonds is 6. The maximum atomic E-state index is 13.3. The molecule has 0 spiro atoms. The predicted octanol–water partition coefficient (Wildman–Crippen LogP) is 10.3. The Labute approximate surface area is 392 Å². The number of phenolic OH excluding ortho intramolecular Hbond substituents is 2. The zero-order valence-electron chi connectivity index (χ0n) is 36.8. The Hall–Kier alpha value is -4.50. The van der Waals surface area contributed by atoms with E-state index in [9.17, 15) is 29.4 Å². The lowest BCUT2D eigenvalue weighted by Crippen LogP contribution is -2.35. The first kappa shape index (κ1) is 47.5. The van der Waals surface area contributed by atoms with Gasteiger partial charge in [-0.1, -0.05) is 46.4 Å². The van der Waals surface area contributed by atoms with Gasteiger partial charge in [-0.2, -0.15) is 19.6 Å². The predicted molar refractivity (Wildman–Crippen MR) is 242 cm³/mol. The zero-order valence-corrected chi connectivity index (χ0v) is 39.8. The minimum absolute atomic E-state index is 0.000130. The summed E-state index contributed by atoms with van der Waals surface area (Å²) in [4.78, 5) is 55.5. The Kier molecular flexibility index (Phi) is 13.9. The van der Waals surface area contributed by atoms with Crippen LogP contribution in [0.2, 0.25) is 20.1 Å². The number of likely N-dealkylation sites (tertiary alicyclic amines) is 2. The summed E-state index contributed by atoms with van der Waals surface area (Å²) in [6, 6.07) is 5.55. The van der Waals surface area contributed by atoms with Crippen LogP contribution in [0.15, 0.2) is 36.7 Å². The quantitative estimate of drug-likeness (QED) is 0.190. The van der Waals surface area contributed by atoms with E-state index in [4.69, 9.17) is 55.9 Å². The Morgan fingerprint density at radius 1 is 0.688 bits per heavy atom. The van der Waals surface area contributed by atoms with Gasteiger partial charge in [0.1, 0.15) is 22.7 Å². The van der Waals surface area contributed by atoms with Crippen LogP contribution in [-0.4, -0.2) is 87.9 Å². The number of phenols is 2. The molecule has 2 fully saturated rings. The molecule has 0 radical (unpaired) electrons. The van der Waals surface area contributed by atoms with Crippen molar-refractivity contribution in [2.75, 3.05) is 13.1 Å². The van der Waals surface area contributed by atoms with Crippen molar-refractivity contribution in [3.63, 3.8) is 0 Å². The minimum Gasteiger partial charge on any atom is -0.508 e. The van der Waals surface area contributed by atoms with E-state index in [-0.39, 0.29) is 47.2 Å². The highest BCUT2D eigenvalue weighted by Gasteiger charge is 2.42. The molecule has 2 aromatic heterocycles. The van der Waals surface area contributed by atoms with Crippen molar-refractivity contribution in [3.8, 4) is 11.5 Å².